The van der Waals surface area contributed by atoms with Crippen LogP contribution >= 0.6 is 12.2 Å². The van der Waals surface area contributed by atoms with Crippen molar-refractivity contribution in [2.75, 3.05) is 11.4 Å². The molecule has 2 heterocycles. The van der Waals surface area contributed by atoms with Gasteiger partial charge in [0.05, 0.1) is 5.69 Å². The molecule has 1 aromatic carbocycles. The zero-order chi connectivity index (χ0) is 19.7. The predicted molar refractivity (Wildman–Crippen MR) is 111 cm³/mol. The van der Waals surface area contributed by atoms with E-state index in [-0.39, 0.29) is 22.5 Å². The topological polar surface area (TPSA) is 45.6 Å². The summed E-state index contributed by atoms with van der Waals surface area (Å²) >= 11 is 5.50. The number of aryl methyl sites for hydroxylation is 1. The van der Waals surface area contributed by atoms with Crippen LogP contribution in [0.1, 0.15) is 30.3 Å². The number of aromatic nitrogens is 1. The van der Waals surface area contributed by atoms with Gasteiger partial charge in [-0.15, -0.1) is 0 Å². The van der Waals surface area contributed by atoms with Crippen molar-refractivity contribution in [1.29, 1.82) is 0 Å². The number of thiocarbonyl (C=S) groups is 1. The van der Waals surface area contributed by atoms with Crippen molar-refractivity contribution < 1.29 is 9.59 Å². The monoisotopic (exact) mass is 381 g/mol. The minimum atomic E-state index is -0.385. The lowest BCUT2D eigenvalue weighted by Gasteiger charge is -2.36. The van der Waals surface area contributed by atoms with Gasteiger partial charge in [-0.1, -0.05) is 25.1 Å². The van der Waals surface area contributed by atoms with E-state index >= 15 is 0 Å². The normalized spacial score (nSPS) is 16.6. The molecular weight excluding hydrogens is 358 g/mol. The second kappa shape index (κ2) is 7.48. The molecular formula is C21H23N3O2S. The Morgan fingerprint density at radius 3 is 2.30 bits per heavy atom. The van der Waals surface area contributed by atoms with Gasteiger partial charge in [0.2, 0.25) is 0 Å². The fourth-order valence-corrected chi connectivity index (χ4v) is 3.55. The van der Waals surface area contributed by atoms with E-state index in [0.29, 0.717) is 12.2 Å². The first-order valence-electron chi connectivity index (χ1n) is 8.96. The van der Waals surface area contributed by atoms with Gasteiger partial charge in [0.15, 0.2) is 5.11 Å². The van der Waals surface area contributed by atoms with Crippen LogP contribution in [0.3, 0.4) is 0 Å². The average Bonchev–Trinajstić information content (AvgIpc) is 2.90. The van der Waals surface area contributed by atoms with Gasteiger partial charge in [0.1, 0.15) is 5.57 Å². The SMILES string of the molecule is CCCN1C(=O)/C(=C\c2cc(C)n(C)c2C)C(=O)N(c2ccccc2)C1=S. The molecule has 0 N–H and O–H groups in total. The van der Waals surface area contributed by atoms with Crippen molar-refractivity contribution in [3.05, 3.63) is 58.9 Å². The van der Waals surface area contributed by atoms with Crippen molar-refractivity contribution in [2.45, 2.75) is 27.2 Å². The van der Waals surface area contributed by atoms with E-state index in [1.807, 2.05) is 68.8 Å². The van der Waals surface area contributed by atoms with E-state index in [1.165, 1.54) is 9.80 Å². The Morgan fingerprint density at radius 1 is 1.07 bits per heavy atom. The first kappa shape index (κ1) is 19.0. The lowest BCUT2D eigenvalue weighted by atomic mass is 10.1. The Labute approximate surface area is 164 Å². The van der Waals surface area contributed by atoms with Crippen LogP contribution in [0.5, 0.6) is 0 Å². The quantitative estimate of drug-likeness (QED) is 0.462. The summed E-state index contributed by atoms with van der Waals surface area (Å²) < 4.78 is 2.04. The number of rotatable bonds is 4. The second-order valence-corrected chi connectivity index (χ2v) is 7.02. The van der Waals surface area contributed by atoms with Crippen LogP contribution in [0.4, 0.5) is 5.69 Å². The number of para-hydroxylation sites is 1. The van der Waals surface area contributed by atoms with E-state index in [1.54, 1.807) is 6.08 Å². The minimum Gasteiger partial charge on any atom is -0.352 e. The molecule has 0 radical (unpaired) electrons. The Morgan fingerprint density at radius 2 is 1.74 bits per heavy atom. The number of nitrogens with zero attached hydrogens (tertiary/aromatic N) is 3. The summed E-state index contributed by atoms with van der Waals surface area (Å²) in [6.45, 7) is 6.42. The molecule has 1 fully saturated rings. The summed E-state index contributed by atoms with van der Waals surface area (Å²) in [5.74, 6) is -0.718. The van der Waals surface area contributed by atoms with E-state index < -0.39 is 0 Å². The van der Waals surface area contributed by atoms with Crippen molar-refractivity contribution in [3.63, 3.8) is 0 Å². The zero-order valence-electron chi connectivity index (χ0n) is 16.0. The number of hydrogen-bond donors (Lipinski definition) is 0. The van der Waals surface area contributed by atoms with E-state index in [2.05, 4.69) is 0 Å². The van der Waals surface area contributed by atoms with Crippen LogP contribution in [0.15, 0.2) is 42.0 Å². The molecule has 1 aromatic heterocycles. The number of benzene rings is 1. The Balaban J connectivity index is 2.13. The van der Waals surface area contributed by atoms with Crippen LogP contribution in [0.2, 0.25) is 0 Å². The molecule has 0 spiro atoms. The predicted octanol–water partition coefficient (Wildman–Crippen LogP) is 3.60. The fraction of sp³-hybridized carbons (Fsp3) is 0.286. The minimum absolute atomic E-state index is 0.134. The van der Waals surface area contributed by atoms with Crippen molar-refractivity contribution in [2.24, 2.45) is 7.05 Å². The number of hydrogen-bond acceptors (Lipinski definition) is 3. The molecule has 6 heteroatoms. The molecule has 5 nitrogen and oxygen atoms in total. The highest BCUT2D eigenvalue weighted by molar-refractivity contribution is 7.80. The molecule has 0 bridgehead atoms. The maximum atomic E-state index is 13.2. The summed E-state index contributed by atoms with van der Waals surface area (Å²) in [6.07, 6.45) is 2.44. The zero-order valence-corrected chi connectivity index (χ0v) is 16.8. The Kier molecular flexibility index (Phi) is 5.28. The third-order valence-electron chi connectivity index (χ3n) is 4.91. The number of carbonyl (C=O) groups excluding carboxylic acids is 2. The molecule has 2 amide bonds. The summed E-state index contributed by atoms with van der Waals surface area (Å²) in [5, 5.41) is 0.233. The fourth-order valence-electron chi connectivity index (χ4n) is 3.19. The maximum Gasteiger partial charge on any atom is 0.270 e. The van der Waals surface area contributed by atoms with E-state index in [0.717, 1.165) is 23.4 Å². The third-order valence-corrected chi connectivity index (χ3v) is 5.31. The van der Waals surface area contributed by atoms with Gasteiger partial charge in [-0.2, -0.15) is 0 Å². The van der Waals surface area contributed by atoms with Gasteiger partial charge in [0.25, 0.3) is 11.8 Å². The molecule has 1 saturated heterocycles. The maximum absolute atomic E-state index is 13.2. The summed E-state index contributed by atoms with van der Waals surface area (Å²) in [4.78, 5) is 29.2. The Hall–Kier alpha value is -2.73. The number of anilines is 1. The van der Waals surface area contributed by atoms with Crippen LogP contribution in [0.25, 0.3) is 6.08 Å². The standard InChI is InChI=1S/C21H23N3O2S/c1-5-11-23-19(25)18(13-16-12-14(2)22(4)15(16)3)20(26)24(21(23)27)17-9-7-6-8-10-17/h6-10,12-13H,5,11H2,1-4H3/b18-13+. The van der Waals surface area contributed by atoms with Crippen LogP contribution in [-0.4, -0.2) is 32.9 Å². The van der Waals surface area contributed by atoms with Crippen molar-refractivity contribution >= 4 is 40.9 Å². The molecule has 1 aliphatic rings. The van der Waals surface area contributed by atoms with E-state index in [4.69, 9.17) is 12.2 Å². The van der Waals surface area contributed by atoms with Gasteiger partial charge < -0.3 is 4.57 Å². The first-order valence-corrected chi connectivity index (χ1v) is 9.37. The molecule has 27 heavy (non-hydrogen) atoms. The van der Waals surface area contributed by atoms with Crippen molar-refractivity contribution in [3.8, 4) is 0 Å². The van der Waals surface area contributed by atoms with Crippen LogP contribution < -0.4 is 4.90 Å². The smallest absolute Gasteiger partial charge is 0.270 e. The molecule has 1 aliphatic heterocycles. The number of carbonyl (C=O) groups is 2. The van der Waals surface area contributed by atoms with Gasteiger partial charge in [0, 0.05) is 25.0 Å². The lowest BCUT2D eigenvalue weighted by molar-refractivity contribution is -0.127. The lowest BCUT2D eigenvalue weighted by Crippen LogP contribution is -2.56. The second-order valence-electron chi connectivity index (χ2n) is 6.66. The highest BCUT2D eigenvalue weighted by Crippen LogP contribution is 2.27. The van der Waals surface area contributed by atoms with E-state index in [9.17, 15) is 9.59 Å². The summed E-state index contributed by atoms with van der Waals surface area (Å²) in [6, 6.07) is 11.2. The van der Waals surface area contributed by atoms with Gasteiger partial charge in [-0.3, -0.25) is 19.4 Å². The molecule has 0 atom stereocenters. The Bertz CT molecular complexity index is 944. The van der Waals surface area contributed by atoms with Crippen molar-refractivity contribution in [1.82, 2.24) is 9.47 Å². The first-order chi connectivity index (χ1) is 12.9. The average molecular weight is 382 g/mol. The number of amides is 2. The highest BCUT2D eigenvalue weighted by Gasteiger charge is 2.39. The molecule has 0 aliphatic carbocycles. The molecule has 3 rings (SSSR count). The van der Waals surface area contributed by atoms with Gasteiger partial charge in [-0.25, -0.2) is 0 Å². The molecule has 0 saturated carbocycles. The molecule has 2 aromatic rings. The third kappa shape index (κ3) is 3.32. The van der Waals surface area contributed by atoms with Gasteiger partial charge >= 0.3 is 0 Å². The summed E-state index contributed by atoms with van der Waals surface area (Å²) in [5.41, 5.74) is 3.73. The molecule has 140 valence electrons. The van der Waals surface area contributed by atoms with Crippen LogP contribution in [0, 0.1) is 13.8 Å². The summed E-state index contributed by atoms with van der Waals surface area (Å²) in [7, 11) is 1.96. The van der Waals surface area contributed by atoms with Gasteiger partial charge in [-0.05, 0) is 62.3 Å². The largest absolute Gasteiger partial charge is 0.352 e. The van der Waals surface area contributed by atoms with Crippen LogP contribution in [-0.2, 0) is 16.6 Å². The molecule has 0 unspecified atom stereocenters. The highest BCUT2D eigenvalue weighted by atomic mass is 32.1.